The molecule has 2 heterocycles. The van der Waals surface area contributed by atoms with Gasteiger partial charge >= 0.3 is 12.0 Å². The van der Waals surface area contributed by atoms with Crippen molar-refractivity contribution in [1.29, 1.82) is 0 Å². The van der Waals surface area contributed by atoms with Crippen molar-refractivity contribution >= 4 is 29.3 Å². The third-order valence-corrected chi connectivity index (χ3v) is 4.95. The number of carbonyl (C=O) groups is 3. The third-order valence-electron chi connectivity index (χ3n) is 4.95. The minimum atomic E-state index is -0.483. The smallest absolute Gasteiger partial charge is 0.337 e. The van der Waals surface area contributed by atoms with Crippen LogP contribution in [-0.4, -0.2) is 82.4 Å². The van der Waals surface area contributed by atoms with Gasteiger partial charge in [-0.25, -0.2) is 9.59 Å². The standard InChI is InChI=1S/C21H29N5O5/c1-3-31-20(28)17-12-22-21(29)24-18(17)13-25(2)14-19(27)23-15-4-6-16(7-5-15)26-8-10-30-11-9-26/h4-7H,3,8-14H2,1-2H3,(H,23,27)(H2,22,24,29). The van der Waals surface area contributed by atoms with E-state index in [1.165, 1.54) is 0 Å². The fraction of sp³-hybridized carbons (Fsp3) is 0.476. The highest BCUT2D eigenvalue weighted by Gasteiger charge is 2.24. The summed E-state index contributed by atoms with van der Waals surface area (Å²) in [7, 11) is 1.74. The van der Waals surface area contributed by atoms with Crippen LogP contribution in [0.4, 0.5) is 16.2 Å². The van der Waals surface area contributed by atoms with Crippen molar-refractivity contribution in [3.8, 4) is 0 Å². The van der Waals surface area contributed by atoms with E-state index in [1.807, 2.05) is 24.3 Å². The Bertz CT molecular complexity index is 833. The second kappa shape index (κ2) is 10.8. The van der Waals surface area contributed by atoms with Crippen LogP contribution in [0.2, 0.25) is 0 Å². The average Bonchev–Trinajstić information content (AvgIpc) is 2.75. The first-order valence-electron chi connectivity index (χ1n) is 10.3. The summed E-state index contributed by atoms with van der Waals surface area (Å²) in [6.45, 7) is 5.52. The van der Waals surface area contributed by atoms with Crippen molar-refractivity contribution < 1.29 is 23.9 Å². The zero-order chi connectivity index (χ0) is 22.2. The number of carbonyl (C=O) groups excluding carboxylic acids is 3. The molecule has 10 nitrogen and oxygen atoms in total. The molecule has 3 N–H and O–H groups in total. The number of nitrogens with one attached hydrogen (secondary N) is 3. The lowest BCUT2D eigenvalue weighted by Gasteiger charge is -2.29. The van der Waals surface area contributed by atoms with E-state index in [0.717, 1.165) is 32.0 Å². The molecule has 10 heteroatoms. The number of benzene rings is 1. The number of nitrogens with zero attached hydrogens (tertiary/aromatic N) is 2. The van der Waals surface area contributed by atoms with Crippen LogP contribution in [0, 0.1) is 0 Å². The molecule has 0 spiro atoms. The van der Waals surface area contributed by atoms with Crippen LogP contribution in [0.25, 0.3) is 0 Å². The van der Waals surface area contributed by atoms with Crippen LogP contribution >= 0.6 is 0 Å². The lowest BCUT2D eigenvalue weighted by molar-refractivity contribution is -0.138. The molecule has 31 heavy (non-hydrogen) atoms. The molecule has 3 amide bonds. The molecule has 2 aliphatic heterocycles. The van der Waals surface area contributed by atoms with E-state index >= 15 is 0 Å². The number of hydrogen-bond donors (Lipinski definition) is 3. The highest BCUT2D eigenvalue weighted by Crippen LogP contribution is 2.19. The number of likely N-dealkylation sites (N-methyl/N-ethyl adjacent to an activating group) is 1. The predicted octanol–water partition coefficient (Wildman–Crippen LogP) is 0.524. The zero-order valence-electron chi connectivity index (χ0n) is 17.9. The zero-order valence-corrected chi connectivity index (χ0v) is 17.9. The molecule has 3 rings (SSSR count). The Morgan fingerprint density at radius 2 is 1.94 bits per heavy atom. The highest BCUT2D eigenvalue weighted by molar-refractivity contribution is 5.94. The maximum absolute atomic E-state index is 12.4. The minimum absolute atomic E-state index is 0.0914. The number of anilines is 2. The van der Waals surface area contributed by atoms with E-state index in [1.54, 1.807) is 18.9 Å². The Balaban J connectivity index is 1.54. The summed E-state index contributed by atoms with van der Waals surface area (Å²) in [5.41, 5.74) is 2.59. The van der Waals surface area contributed by atoms with Crippen molar-refractivity contribution in [1.82, 2.24) is 15.5 Å². The molecule has 0 atom stereocenters. The third kappa shape index (κ3) is 6.43. The van der Waals surface area contributed by atoms with Crippen LogP contribution in [0.3, 0.4) is 0 Å². The molecular weight excluding hydrogens is 402 g/mol. The largest absolute Gasteiger partial charge is 0.463 e. The number of morpholine rings is 1. The van der Waals surface area contributed by atoms with Gasteiger partial charge in [-0.3, -0.25) is 9.69 Å². The van der Waals surface area contributed by atoms with Gasteiger partial charge in [0.15, 0.2) is 0 Å². The van der Waals surface area contributed by atoms with Gasteiger partial charge in [0, 0.05) is 36.7 Å². The van der Waals surface area contributed by atoms with Gasteiger partial charge in [0.1, 0.15) is 0 Å². The molecule has 0 saturated carbocycles. The Morgan fingerprint density at radius 1 is 1.23 bits per heavy atom. The minimum Gasteiger partial charge on any atom is -0.463 e. The Kier molecular flexibility index (Phi) is 7.85. The van der Waals surface area contributed by atoms with E-state index in [4.69, 9.17) is 9.47 Å². The van der Waals surface area contributed by atoms with Crippen molar-refractivity contribution in [2.45, 2.75) is 6.92 Å². The van der Waals surface area contributed by atoms with Gasteiger partial charge in [-0.1, -0.05) is 0 Å². The first-order chi connectivity index (χ1) is 15.0. The normalized spacial score (nSPS) is 16.6. The first-order valence-corrected chi connectivity index (χ1v) is 10.3. The van der Waals surface area contributed by atoms with Crippen LogP contribution in [0.15, 0.2) is 35.5 Å². The number of hydrogen-bond acceptors (Lipinski definition) is 7. The van der Waals surface area contributed by atoms with Crippen molar-refractivity contribution in [3.63, 3.8) is 0 Å². The molecule has 0 radical (unpaired) electrons. The molecule has 0 aromatic heterocycles. The Morgan fingerprint density at radius 3 is 2.61 bits per heavy atom. The van der Waals surface area contributed by atoms with E-state index in [9.17, 15) is 14.4 Å². The molecule has 0 unspecified atom stereocenters. The lowest BCUT2D eigenvalue weighted by atomic mass is 10.1. The average molecular weight is 431 g/mol. The maximum Gasteiger partial charge on any atom is 0.337 e. The monoisotopic (exact) mass is 431 g/mol. The molecule has 1 saturated heterocycles. The summed E-state index contributed by atoms with van der Waals surface area (Å²) in [6, 6.07) is 7.31. The molecule has 0 aliphatic carbocycles. The quantitative estimate of drug-likeness (QED) is 0.515. The van der Waals surface area contributed by atoms with E-state index in [-0.39, 0.29) is 38.2 Å². The van der Waals surface area contributed by atoms with Gasteiger partial charge in [0.2, 0.25) is 5.91 Å². The van der Waals surface area contributed by atoms with E-state index in [2.05, 4.69) is 20.9 Å². The SMILES string of the molecule is CCOC(=O)C1=C(CN(C)CC(=O)Nc2ccc(N3CCOCC3)cc2)NC(=O)NC1. The molecular formula is C21H29N5O5. The summed E-state index contributed by atoms with van der Waals surface area (Å²) >= 11 is 0. The Hall–Kier alpha value is -3.11. The lowest BCUT2D eigenvalue weighted by Crippen LogP contribution is -2.47. The van der Waals surface area contributed by atoms with Gasteiger partial charge < -0.3 is 30.3 Å². The highest BCUT2D eigenvalue weighted by atomic mass is 16.5. The number of ether oxygens (including phenoxy) is 2. The topological polar surface area (TPSA) is 112 Å². The Labute approximate surface area is 181 Å². The number of urea groups is 1. The van der Waals surface area contributed by atoms with E-state index in [0.29, 0.717) is 17.0 Å². The van der Waals surface area contributed by atoms with Gasteiger partial charge in [0.25, 0.3) is 0 Å². The van der Waals surface area contributed by atoms with Crippen molar-refractivity contribution in [3.05, 3.63) is 35.5 Å². The first kappa shape index (κ1) is 22.6. The van der Waals surface area contributed by atoms with Crippen LogP contribution in [0.5, 0.6) is 0 Å². The molecule has 1 fully saturated rings. The molecule has 168 valence electrons. The summed E-state index contributed by atoms with van der Waals surface area (Å²) in [6.07, 6.45) is 0. The summed E-state index contributed by atoms with van der Waals surface area (Å²) in [5, 5.41) is 8.07. The predicted molar refractivity (Wildman–Crippen MR) is 116 cm³/mol. The molecule has 1 aromatic carbocycles. The fourth-order valence-corrected chi connectivity index (χ4v) is 3.43. The summed E-state index contributed by atoms with van der Waals surface area (Å²) < 4.78 is 10.4. The van der Waals surface area contributed by atoms with Gasteiger partial charge in [-0.15, -0.1) is 0 Å². The number of esters is 1. The van der Waals surface area contributed by atoms with Crippen molar-refractivity contribution in [2.24, 2.45) is 0 Å². The molecule has 0 bridgehead atoms. The molecule has 1 aromatic rings. The molecule has 2 aliphatic rings. The van der Waals surface area contributed by atoms with E-state index < -0.39 is 5.97 Å². The maximum atomic E-state index is 12.4. The fourth-order valence-electron chi connectivity index (χ4n) is 3.43. The van der Waals surface area contributed by atoms with Crippen LogP contribution in [0.1, 0.15) is 6.92 Å². The van der Waals surface area contributed by atoms with Crippen LogP contribution < -0.4 is 20.9 Å². The van der Waals surface area contributed by atoms with Crippen LogP contribution in [-0.2, 0) is 19.1 Å². The van der Waals surface area contributed by atoms with Gasteiger partial charge in [0.05, 0.1) is 38.5 Å². The van der Waals surface area contributed by atoms with Gasteiger partial charge in [-0.2, -0.15) is 0 Å². The number of rotatable bonds is 8. The number of amides is 3. The van der Waals surface area contributed by atoms with Gasteiger partial charge in [-0.05, 0) is 38.2 Å². The summed E-state index contributed by atoms with van der Waals surface area (Å²) in [5.74, 6) is -0.677. The van der Waals surface area contributed by atoms with Crippen molar-refractivity contribution in [2.75, 3.05) is 69.8 Å². The second-order valence-corrected chi connectivity index (χ2v) is 7.35. The second-order valence-electron chi connectivity index (χ2n) is 7.35. The summed E-state index contributed by atoms with van der Waals surface area (Å²) in [4.78, 5) is 40.2.